The van der Waals surface area contributed by atoms with Crippen LogP contribution in [0.2, 0.25) is 0 Å². The molecule has 27 heavy (non-hydrogen) atoms. The number of methoxy groups -OCH3 is 2. The van der Waals surface area contributed by atoms with Gasteiger partial charge in [-0.15, -0.1) is 11.3 Å². The van der Waals surface area contributed by atoms with Crippen LogP contribution in [0.3, 0.4) is 0 Å². The molecule has 0 aliphatic carbocycles. The lowest BCUT2D eigenvalue weighted by molar-refractivity contribution is 0.101. The number of nitrogens with zero attached hydrogens (tertiary/aromatic N) is 1. The Morgan fingerprint density at radius 1 is 1.22 bits per heavy atom. The molecule has 0 saturated heterocycles. The molecule has 0 aliphatic heterocycles. The first kappa shape index (κ1) is 19.0. The number of aromatic nitrogens is 2. The Kier molecular flexibility index (Phi) is 5.51. The van der Waals surface area contributed by atoms with E-state index in [2.05, 4.69) is 15.3 Å². The van der Waals surface area contributed by atoms with Crippen molar-refractivity contribution >= 4 is 22.3 Å². The Morgan fingerprint density at radius 2 is 1.96 bits per heavy atom. The van der Waals surface area contributed by atoms with E-state index in [0.717, 1.165) is 38.9 Å². The molecule has 2 aromatic heterocycles. The second-order valence-corrected chi connectivity index (χ2v) is 7.12. The maximum atomic E-state index is 11.8. The van der Waals surface area contributed by atoms with Crippen LogP contribution in [0.4, 0.5) is 5.13 Å². The van der Waals surface area contributed by atoms with Crippen molar-refractivity contribution in [2.24, 2.45) is 0 Å². The third kappa shape index (κ3) is 3.83. The van der Waals surface area contributed by atoms with E-state index in [9.17, 15) is 4.79 Å². The van der Waals surface area contributed by atoms with Gasteiger partial charge >= 0.3 is 0 Å². The van der Waals surface area contributed by atoms with Crippen LogP contribution in [0.5, 0.6) is 11.5 Å². The van der Waals surface area contributed by atoms with Crippen molar-refractivity contribution < 1.29 is 14.3 Å². The molecule has 0 spiro atoms. The summed E-state index contributed by atoms with van der Waals surface area (Å²) in [6, 6.07) is 5.82. The van der Waals surface area contributed by atoms with E-state index in [-0.39, 0.29) is 5.78 Å². The SMILES string of the molecule is COc1ccc(CNc2nc(-c3[nH]c(C)c(C(C)=O)c3C)cs2)cc1OC. The van der Waals surface area contributed by atoms with Crippen molar-refractivity contribution in [1.82, 2.24) is 9.97 Å². The molecule has 0 bridgehead atoms. The maximum Gasteiger partial charge on any atom is 0.183 e. The summed E-state index contributed by atoms with van der Waals surface area (Å²) in [7, 11) is 3.24. The van der Waals surface area contributed by atoms with Gasteiger partial charge in [-0.25, -0.2) is 4.98 Å². The molecule has 0 radical (unpaired) electrons. The molecule has 142 valence electrons. The molecule has 0 atom stereocenters. The Morgan fingerprint density at radius 3 is 2.59 bits per heavy atom. The Hall–Kier alpha value is -2.80. The van der Waals surface area contributed by atoms with Gasteiger partial charge in [-0.05, 0) is 44.0 Å². The van der Waals surface area contributed by atoms with Crippen molar-refractivity contribution in [1.29, 1.82) is 0 Å². The zero-order valence-corrected chi connectivity index (χ0v) is 16.9. The summed E-state index contributed by atoms with van der Waals surface area (Å²) >= 11 is 1.53. The van der Waals surface area contributed by atoms with Crippen molar-refractivity contribution in [3.8, 4) is 22.9 Å². The number of benzene rings is 1. The van der Waals surface area contributed by atoms with Gasteiger partial charge in [-0.3, -0.25) is 4.79 Å². The first-order valence-electron chi connectivity index (χ1n) is 8.55. The summed E-state index contributed by atoms with van der Waals surface area (Å²) < 4.78 is 10.6. The van der Waals surface area contributed by atoms with Crippen molar-refractivity contribution in [3.63, 3.8) is 0 Å². The molecule has 0 amide bonds. The number of carbonyl (C=O) groups excluding carboxylic acids is 1. The number of hydrogen-bond acceptors (Lipinski definition) is 6. The topological polar surface area (TPSA) is 76.2 Å². The largest absolute Gasteiger partial charge is 0.493 e. The average Bonchev–Trinajstić information content (AvgIpc) is 3.23. The van der Waals surface area contributed by atoms with E-state index in [1.54, 1.807) is 21.1 Å². The van der Waals surface area contributed by atoms with Gasteiger partial charge in [0.05, 0.1) is 19.9 Å². The maximum absolute atomic E-state index is 11.8. The van der Waals surface area contributed by atoms with Crippen LogP contribution in [0, 0.1) is 13.8 Å². The highest BCUT2D eigenvalue weighted by Crippen LogP contribution is 2.31. The van der Waals surface area contributed by atoms with Crippen LogP contribution in [0.15, 0.2) is 23.6 Å². The van der Waals surface area contributed by atoms with Gasteiger partial charge in [0.1, 0.15) is 5.69 Å². The minimum absolute atomic E-state index is 0.0644. The zero-order valence-electron chi connectivity index (χ0n) is 16.1. The molecule has 0 unspecified atom stereocenters. The van der Waals surface area contributed by atoms with E-state index in [0.29, 0.717) is 18.0 Å². The molecule has 2 N–H and O–H groups in total. The fourth-order valence-corrected chi connectivity index (χ4v) is 3.87. The van der Waals surface area contributed by atoms with Crippen LogP contribution in [0.25, 0.3) is 11.4 Å². The van der Waals surface area contributed by atoms with Crippen molar-refractivity contribution in [2.45, 2.75) is 27.3 Å². The van der Waals surface area contributed by atoms with E-state index in [1.807, 2.05) is 37.4 Å². The van der Waals surface area contributed by atoms with Crippen LogP contribution in [0.1, 0.15) is 34.1 Å². The number of thiazole rings is 1. The third-order valence-electron chi connectivity index (χ3n) is 4.44. The Labute approximate surface area is 162 Å². The summed E-state index contributed by atoms with van der Waals surface area (Å²) in [5.41, 5.74) is 5.36. The molecule has 2 heterocycles. The predicted octanol–water partition coefficient (Wildman–Crippen LogP) is 4.59. The van der Waals surface area contributed by atoms with Crippen LogP contribution in [-0.4, -0.2) is 30.0 Å². The molecule has 7 heteroatoms. The number of rotatable bonds is 7. The number of H-pyrrole nitrogens is 1. The summed E-state index contributed by atoms with van der Waals surface area (Å²) in [6.45, 7) is 6.07. The van der Waals surface area contributed by atoms with E-state index >= 15 is 0 Å². The first-order valence-corrected chi connectivity index (χ1v) is 9.43. The first-order chi connectivity index (χ1) is 12.9. The highest BCUT2D eigenvalue weighted by molar-refractivity contribution is 7.14. The summed E-state index contributed by atoms with van der Waals surface area (Å²) in [6.07, 6.45) is 0. The number of anilines is 1. The molecule has 1 aromatic carbocycles. The number of Topliss-reactive ketones (excluding diaryl/α,β-unsaturated/α-hetero) is 1. The van der Waals surface area contributed by atoms with Gasteiger partial charge < -0.3 is 19.8 Å². The summed E-state index contributed by atoms with van der Waals surface area (Å²) in [5.74, 6) is 1.47. The minimum Gasteiger partial charge on any atom is -0.493 e. The van der Waals surface area contributed by atoms with Crippen LogP contribution < -0.4 is 14.8 Å². The lowest BCUT2D eigenvalue weighted by atomic mass is 10.1. The normalized spacial score (nSPS) is 10.7. The summed E-state index contributed by atoms with van der Waals surface area (Å²) in [4.78, 5) is 19.8. The number of ether oxygens (including phenoxy) is 2. The molecule has 0 fully saturated rings. The number of hydrogen-bond donors (Lipinski definition) is 2. The van der Waals surface area contributed by atoms with Gasteiger partial charge in [-0.1, -0.05) is 6.07 Å². The van der Waals surface area contributed by atoms with E-state index in [4.69, 9.17) is 9.47 Å². The number of aryl methyl sites for hydroxylation is 1. The molecule has 3 aromatic rings. The van der Waals surface area contributed by atoms with Crippen molar-refractivity contribution in [2.75, 3.05) is 19.5 Å². The number of aromatic amines is 1. The second-order valence-electron chi connectivity index (χ2n) is 6.26. The van der Waals surface area contributed by atoms with E-state index in [1.165, 1.54) is 11.3 Å². The standard InChI is InChI=1S/C20H23N3O3S/c1-11-18(13(3)24)12(2)22-19(11)15-10-27-20(23-15)21-9-14-6-7-16(25-4)17(8-14)26-5/h6-8,10,22H,9H2,1-5H3,(H,21,23). The number of nitrogens with one attached hydrogen (secondary N) is 2. The molecule has 3 rings (SSSR count). The molecule has 0 saturated carbocycles. The quantitative estimate of drug-likeness (QED) is 0.582. The lowest BCUT2D eigenvalue weighted by Crippen LogP contribution is -2.00. The van der Waals surface area contributed by atoms with Crippen LogP contribution in [-0.2, 0) is 6.54 Å². The lowest BCUT2D eigenvalue weighted by Gasteiger charge is -2.09. The monoisotopic (exact) mass is 385 g/mol. The average molecular weight is 385 g/mol. The molecule has 6 nitrogen and oxygen atoms in total. The molecular weight excluding hydrogens is 362 g/mol. The smallest absolute Gasteiger partial charge is 0.183 e. The minimum atomic E-state index is 0.0644. The summed E-state index contributed by atoms with van der Waals surface area (Å²) in [5, 5.41) is 6.13. The van der Waals surface area contributed by atoms with Gasteiger partial charge in [-0.2, -0.15) is 0 Å². The highest BCUT2D eigenvalue weighted by Gasteiger charge is 2.18. The van der Waals surface area contributed by atoms with Crippen molar-refractivity contribution in [3.05, 3.63) is 46.0 Å². The van der Waals surface area contributed by atoms with Gasteiger partial charge in [0.25, 0.3) is 0 Å². The Balaban J connectivity index is 1.76. The Bertz CT molecular complexity index is 975. The second kappa shape index (κ2) is 7.84. The highest BCUT2D eigenvalue weighted by atomic mass is 32.1. The van der Waals surface area contributed by atoms with E-state index < -0.39 is 0 Å². The number of carbonyl (C=O) groups is 1. The molecule has 0 aliphatic rings. The molecular formula is C20H23N3O3S. The number of ketones is 1. The third-order valence-corrected chi connectivity index (χ3v) is 5.24. The fourth-order valence-electron chi connectivity index (χ4n) is 3.17. The van der Waals surface area contributed by atoms with Crippen LogP contribution >= 0.6 is 11.3 Å². The predicted molar refractivity (Wildman–Crippen MR) is 108 cm³/mol. The van der Waals surface area contributed by atoms with Gasteiger partial charge in [0, 0.05) is 23.2 Å². The zero-order chi connectivity index (χ0) is 19.6. The fraction of sp³-hybridized carbons (Fsp3) is 0.300. The van der Waals surface area contributed by atoms with Gasteiger partial charge in [0.2, 0.25) is 0 Å². The van der Waals surface area contributed by atoms with Gasteiger partial charge in [0.15, 0.2) is 22.4 Å².